The van der Waals surface area contributed by atoms with E-state index < -0.39 is 0 Å². The third-order valence-electron chi connectivity index (χ3n) is 3.34. The van der Waals surface area contributed by atoms with Gasteiger partial charge in [-0.1, -0.05) is 43.9 Å². The van der Waals surface area contributed by atoms with Crippen molar-refractivity contribution in [2.24, 2.45) is 0 Å². The van der Waals surface area contributed by atoms with E-state index >= 15 is 0 Å². The number of allylic oxidation sites excluding steroid dienone is 1. The number of hydrogen-bond acceptors (Lipinski definition) is 0. The molecule has 0 bridgehead atoms. The minimum atomic E-state index is 0. The number of hydrogen-bond donors (Lipinski definition) is 0. The maximum Gasteiger partial charge on any atom is 4.00 e. The third-order valence-corrected chi connectivity index (χ3v) is 3.34. The van der Waals surface area contributed by atoms with Crippen LogP contribution in [-0.4, -0.2) is 0 Å². The maximum absolute atomic E-state index is 3.29. The van der Waals surface area contributed by atoms with Crippen LogP contribution in [0.5, 0.6) is 0 Å². The predicted octanol–water partition coefficient (Wildman–Crippen LogP) is -1.10. The van der Waals surface area contributed by atoms with Gasteiger partial charge in [0.25, 0.3) is 0 Å². The molecule has 0 aromatic heterocycles. The van der Waals surface area contributed by atoms with E-state index in [1.165, 1.54) is 22.3 Å². The van der Waals surface area contributed by atoms with E-state index in [4.69, 9.17) is 0 Å². The molecule has 0 amide bonds. The van der Waals surface area contributed by atoms with Crippen LogP contribution in [0.1, 0.15) is 42.0 Å². The van der Waals surface area contributed by atoms with Crippen LogP contribution in [0.15, 0.2) is 42.5 Å². The molecule has 0 saturated carbocycles. The molecule has 0 saturated heterocycles. The third kappa shape index (κ3) is 6.60. The summed E-state index contributed by atoms with van der Waals surface area (Å²) in [5.41, 5.74) is 5.52. The molecule has 0 N–H and O–H groups in total. The van der Waals surface area contributed by atoms with Crippen LogP contribution in [0, 0.1) is 13.0 Å². The molecule has 1 unspecified atom stereocenters. The van der Waals surface area contributed by atoms with Crippen molar-refractivity contribution in [1.29, 1.82) is 0 Å². The van der Waals surface area contributed by atoms with E-state index in [1.54, 1.807) is 0 Å². The molecule has 2 aromatic carbocycles. The fourth-order valence-corrected chi connectivity index (χ4v) is 2.17. The van der Waals surface area contributed by atoms with Gasteiger partial charge in [-0.05, 0) is 6.92 Å². The van der Waals surface area contributed by atoms with Gasteiger partial charge >= 0.3 is 26.2 Å². The van der Waals surface area contributed by atoms with E-state index in [2.05, 4.69) is 75.4 Å². The Balaban J connectivity index is 0. The SMILES string of the molecule is CC[c-]1cccc1.Cc1ccc2c(c1)C=[C-]C2C.[Cl-].[Cl-].[Zr+4]. The molecule has 1 aliphatic carbocycles. The molecule has 0 spiro atoms. The van der Waals surface area contributed by atoms with Crippen LogP contribution in [-0.2, 0) is 32.6 Å². The van der Waals surface area contributed by atoms with Crippen molar-refractivity contribution in [1.82, 2.24) is 0 Å². The Kier molecular flexibility index (Phi) is 12.5. The van der Waals surface area contributed by atoms with Gasteiger partial charge in [0.05, 0.1) is 0 Å². The molecule has 1 aliphatic rings. The van der Waals surface area contributed by atoms with Crippen molar-refractivity contribution in [2.75, 3.05) is 0 Å². The first kappa shape index (κ1) is 23.0. The molecule has 0 fully saturated rings. The van der Waals surface area contributed by atoms with Crippen LogP contribution in [0.4, 0.5) is 0 Å². The topological polar surface area (TPSA) is 0 Å². The van der Waals surface area contributed by atoms with Gasteiger partial charge in [0, 0.05) is 0 Å². The van der Waals surface area contributed by atoms with Gasteiger partial charge in [-0.15, -0.1) is 11.6 Å². The Morgan fingerprint density at radius 3 is 2.29 bits per heavy atom. The van der Waals surface area contributed by atoms with Gasteiger partial charge in [-0.2, -0.15) is 23.3 Å². The van der Waals surface area contributed by atoms with Crippen LogP contribution in [0.3, 0.4) is 0 Å². The number of rotatable bonds is 1. The quantitative estimate of drug-likeness (QED) is 0.536. The van der Waals surface area contributed by atoms with Crippen molar-refractivity contribution < 1.29 is 51.0 Å². The minimum Gasteiger partial charge on any atom is -1.00 e. The Labute approximate surface area is 160 Å². The summed E-state index contributed by atoms with van der Waals surface area (Å²) in [6, 6.07) is 15.0. The van der Waals surface area contributed by atoms with E-state index in [9.17, 15) is 0 Å². The summed E-state index contributed by atoms with van der Waals surface area (Å²) in [5, 5.41) is 0. The molecule has 1 atom stereocenters. The molecule has 21 heavy (non-hydrogen) atoms. The van der Waals surface area contributed by atoms with E-state index in [0.29, 0.717) is 5.92 Å². The Morgan fingerprint density at radius 2 is 1.76 bits per heavy atom. The molecule has 3 rings (SSSR count). The largest absolute Gasteiger partial charge is 4.00 e. The van der Waals surface area contributed by atoms with E-state index in [1.807, 2.05) is 0 Å². The Hall–Kier alpha value is -0.227. The zero-order valence-electron chi connectivity index (χ0n) is 12.7. The number of fused-ring (bicyclic) bond motifs is 1. The monoisotopic (exact) mass is 396 g/mol. The average Bonchev–Trinajstić information content (AvgIpc) is 3.00. The first-order valence-electron chi connectivity index (χ1n) is 6.61. The van der Waals surface area contributed by atoms with Crippen LogP contribution >= 0.6 is 0 Å². The first-order valence-corrected chi connectivity index (χ1v) is 6.61. The van der Waals surface area contributed by atoms with Crippen LogP contribution in [0.25, 0.3) is 6.08 Å². The van der Waals surface area contributed by atoms with Gasteiger partial charge in [-0.3, -0.25) is 6.08 Å². The van der Waals surface area contributed by atoms with E-state index in [0.717, 1.165) is 6.42 Å². The summed E-state index contributed by atoms with van der Waals surface area (Å²) >= 11 is 0. The number of halogens is 2. The van der Waals surface area contributed by atoms with Crippen molar-refractivity contribution in [3.8, 4) is 0 Å². The first-order chi connectivity index (χ1) is 8.70. The van der Waals surface area contributed by atoms with Crippen LogP contribution < -0.4 is 24.8 Å². The van der Waals surface area contributed by atoms with Gasteiger partial charge in [0.2, 0.25) is 0 Å². The minimum absolute atomic E-state index is 0. The fraction of sp³-hybridized carbons (Fsp3) is 0.278. The molecular formula is C18H20Cl2Zr. The smallest absolute Gasteiger partial charge is 1.00 e. The van der Waals surface area contributed by atoms with Crippen LogP contribution in [0.2, 0.25) is 0 Å². The molecule has 0 heterocycles. The van der Waals surface area contributed by atoms with Gasteiger partial charge in [0.15, 0.2) is 0 Å². The summed E-state index contributed by atoms with van der Waals surface area (Å²) in [4.78, 5) is 0. The zero-order chi connectivity index (χ0) is 13.0. The van der Waals surface area contributed by atoms with Gasteiger partial charge < -0.3 is 24.8 Å². The molecular weight excluding hydrogens is 378 g/mol. The van der Waals surface area contributed by atoms with Gasteiger partial charge in [-0.25, -0.2) is 18.2 Å². The summed E-state index contributed by atoms with van der Waals surface area (Å²) in [7, 11) is 0. The molecule has 2 aromatic rings. The number of aryl methyl sites for hydroxylation is 2. The summed E-state index contributed by atoms with van der Waals surface area (Å²) < 4.78 is 0. The second-order valence-electron chi connectivity index (χ2n) is 4.81. The van der Waals surface area contributed by atoms with Gasteiger partial charge in [0.1, 0.15) is 0 Å². The van der Waals surface area contributed by atoms with Crippen molar-refractivity contribution >= 4 is 6.08 Å². The van der Waals surface area contributed by atoms with Crippen molar-refractivity contribution in [2.45, 2.75) is 33.1 Å². The Morgan fingerprint density at radius 1 is 1.14 bits per heavy atom. The second kappa shape index (κ2) is 11.4. The maximum atomic E-state index is 3.29. The predicted molar refractivity (Wildman–Crippen MR) is 78.7 cm³/mol. The summed E-state index contributed by atoms with van der Waals surface area (Å²) in [6.07, 6.45) is 6.54. The summed E-state index contributed by atoms with van der Waals surface area (Å²) in [5.74, 6) is 0.491. The molecule has 0 nitrogen and oxygen atoms in total. The molecule has 0 aliphatic heterocycles. The fourth-order valence-electron chi connectivity index (χ4n) is 2.17. The normalized spacial score (nSPS) is 13.8. The average molecular weight is 398 g/mol. The molecule has 0 radical (unpaired) electrons. The number of benzene rings is 1. The molecule has 110 valence electrons. The van der Waals surface area contributed by atoms with Crippen molar-refractivity contribution in [3.63, 3.8) is 0 Å². The molecule has 3 heteroatoms. The second-order valence-corrected chi connectivity index (χ2v) is 4.81. The summed E-state index contributed by atoms with van der Waals surface area (Å²) in [6.45, 7) is 6.46. The Bertz CT molecular complexity index is 530. The van der Waals surface area contributed by atoms with E-state index in [-0.39, 0.29) is 51.0 Å². The standard InChI is InChI=1S/C11H11.C7H9.2ClH.Zr/c1-8-3-6-11-9(2)4-5-10(11)7-8;1-2-7-5-3-4-6-7;;;/h3,5-7,9H,1-2H3;3-6H,2H2,1H3;2*1H;/q2*-1;;;+4/p-2. The van der Waals surface area contributed by atoms with Crippen molar-refractivity contribution in [3.05, 3.63) is 70.8 Å². The zero-order valence-corrected chi connectivity index (χ0v) is 16.6.